The van der Waals surface area contributed by atoms with Crippen molar-refractivity contribution in [1.82, 2.24) is 13.9 Å². The van der Waals surface area contributed by atoms with Crippen molar-refractivity contribution in [3.63, 3.8) is 0 Å². The molecular formula is C25H20N4O4S. The van der Waals surface area contributed by atoms with E-state index < -0.39 is 16.0 Å². The van der Waals surface area contributed by atoms with Gasteiger partial charge in [-0.15, -0.1) is 6.42 Å². The average Bonchev–Trinajstić information content (AvgIpc) is 3.33. The number of terminal acetylenes is 1. The Morgan fingerprint density at radius 1 is 1.21 bits per heavy atom. The molecule has 4 aromatic rings. The molecule has 0 bridgehead atoms. The number of hydrogen-bond acceptors (Lipinski definition) is 7. The van der Waals surface area contributed by atoms with Crippen LogP contribution in [0, 0.1) is 12.3 Å². The lowest BCUT2D eigenvalue weighted by Crippen LogP contribution is -2.11. The number of aromatic nitrogens is 3. The fraction of sp³-hybridized carbons (Fsp3) is 0.0800. The Morgan fingerprint density at radius 3 is 2.85 bits per heavy atom. The van der Waals surface area contributed by atoms with E-state index in [9.17, 15) is 13.2 Å². The van der Waals surface area contributed by atoms with E-state index in [2.05, 4.69) is 21.2 Å². The largest absolute Gasteiger partial charge is 0.463 e. The van der Waals surface area contributed by atoms with Crippen LogP contribution in [0.15, 0.2) is 78.2 Å². The summed E-state index contributed by atoms with van der Waals surface area (Å²) in [6.07, 6.45) is 12.4. The monoisotopic (exact) mass is 472 g/mol. The van der Waals surface area contributed by atoms with E-state index in [1.165, 1.54) is 43.0 Å². The molecule has 0 spiro atoms. The Labute approximate surface area is 197 Å². The molecule has 0 aliphatic carbocycles. The van der Waals surface area contributed by atoms with Crippen LogP contribution in [0.1, 0.15) is 18.1 Å². The fourth-order valence-corrected chi connectivity index (χ4v) is 4.47. The number of nitrogens with one attached hydrogen (secondary N) is 1. The lowest BCUT2D eigenvalue weighted by atomic mass is 10.2. The molecule has 9 heteroatoms. The summed E-state index contributed by atoms with van der Waals surface area (Å²) in [5, 5.41) is 3.71. The van der Waals surface area contributed by atoms with Gasteiger partial charge in [-0.25, -0.2) is 27.2 Å². The summed E-state index contributed by atoms with van der Waals surface area (Å²) in [5.41, 5.74) is 2.53. The number of esters is 1. The lowest BCUT2D eigenvalue weighted by Gasteiger charge is -2.11. The molecule has 0 fully saturated rings. The van der Waals surface area contributed by atoms with E-state index in [0.717, 1.165) is 3.97 Å². The predicted octanol–water partition coefficient (Wildman–Crippen LogP) is 3.97. The number of rotatable bonds is 7. The Balaban J connectivity index is 1.67. The van der Waals surface area contributed by atoms with E-state index in [1.54, 1.807) is 31.2 Å². The smallest absolute Gasteiger partial charge is 0.330 e. The normalized spacial score (nSPS) is 11.4. The van der Waals surface area contributed by atoms with E-state index in [1.807, 2.05) is 12.1 Å². The summed E-state index contributed by atoms with van der Waals surface area (Å²) in [6.45, 7) is 1.97. The van der Waals surface area contributed by atoms with E-state index in [0.29, 0.717) is 33.5 Å². The maximum Gasteiger partial charge on any atom is 0.330 e. The van der Waals surface area contributed by atoms with Crippen LogP contribution in [0.3, 0.4) is 0 Å². The van der Waals surface area contributed by atoms with Gasteiger partial charge in [0.15, 0.2) is 0 Å². The van der Waals surface area contributed by atoms with Gasteiger partial charge in [0.1, 0.15) is 12.1 Å². The number of carbonyl (C=O) groups is 1. The molecule has 0 saturated heterocycles. The summed E-state index contributed by atoms with van der Waals surface area (Å²) in [6, 6.07) is 13.5. The van der Waals surface area contributed by atoms with Crippen LogP contribution in [0.4, 0.5) is 11.5 Å². The third-order valence-corrected chi connectivity index (χ3v) is 6.49. The molecule has 2 heterocycles. The topological polar surface area (TPSA) is 103 Å². The zero-order valence-electron chi connectivity index (χ0n) is 18.2. The second-order valence-electron chi connectivity index (χ2n) is 7.12. The first-order chi connectivity index (χ1) is 16.4. The van der Waals surface area contributed by atoms with Crippen molar-refractivity contribution in [2.75, 3.05) is 11.9 Å². The van der Waals surface area contributed by atoms with Gasteiger partial charge in [0.2, 0.25) is 0 Å². The molecule has 2 aromatic heterocycles. The van der Waals surface area contributed by atoms with Gasteiger partial charge >= 0.3 is 5.97 Å². The minimum atomic E-state index is -3.90. The number of ether oxygens (including phenoxy) is 1. The second-order valence-corrected chi connectivity index (χ2v) is 8.96. The SMILES string of the molecule is C#Cc1cccc(Nc2ncnc3ccc(S(=O)(=O)n4ccc(/C=C/C(=O)OCC)c4)cc23)c1. The number of hydrogen-bond donors (Lipinski definition) is 1. The molecule has 0 atom stereocenters. The van der Waals surface area contributed by atoms with Gasteiger partial charge in [0.05, 0.1) is 17.0 Å². The first-order valence-electron chi connectivity index (χ1n) is 10.3. The summed E-state index contributed by atoms with van der Waals surface area (Å²) >= 11 is 0. The molecular weight excluding hydrogens is 452 g/mol. The first-order valence-corrected chi connectivity index (χ1v) is 11.7. The number of nitrogens with zero attached hydrogens (tertiary/aromatic N) is 3. The van der Waals surface area contributed by atoms with Crippen LogP contribution in [-0.4, -0.2) is 34.9 Å². The van der Waals surface area contributed by atoms with Crippen molar-refractivity contribution >= 4 is 44.5 Å². The van der Waals surface area contributed by atoms with Gasteiger partial charge in [0, 0.05) is 35.1 Å². The first kappa shape index (κ1) is 22.8. The van der Waals surface area contributed by atoms with E-state index in [4.69, 9.17) is 11.2 Å². The zero-order valence-corrected chi connectivity index (χ0v) is 19.0. The highest BCUT2D eigenvalue weighted by molar-refractivity contribution is 7.90. The Morgan fingerprint density at radius 2 is 2.06 bits per heavy atom. The van der Waals surface area contributed by atoms with Gasteiger partial charge in [-0.1, -0.05) is 12.0 Å². The number of fused-ring (bicyclic) bond motifs is 1. The number of carbonyl (C=O) groups excluding carboxylic acids is 1. The lowest BCUT2D eigenvalue weighted by molar-refractivity contribution is -0.137. The molecule has 170 valence electrons. The zero-order chi connectivity index (χ0) is 24.1. The Hall–Kier alpha value is -4.42. The molecule has 0 aliphatic rings. The van der Waals surface area contributed by atoms with Gasteiger partial charge in [-0.3, -0.25) is 0 Å². The van der Waals surface area contributed by atoms with Gasteiger partial charge in [0.25, 0.3) is 10.0 Å². The quantitative estimate of drug-likeness (QED) is 0.247. The molecule has 0 amide bonds. The number of benzene rings is 2. The Bertz CT molecular complexity index is 1550. The molecule has 0 radical (unpaired) electrons. The van der Waals surface area contributed by atoms with Crippen molar-refractivity contribution in [3.05, 3.63) is 84.5 Å². The average molecular weight is 473 g/mol. The van der Waals surface area contributed by atoms with Crippen LogP contribution in [-0.2, 0) is 19.6 Å². The molecule has 2 aromatic carbocycles. The van der Waals surface area contributed by atoms with Crippen LogP contribution in [0.2, 0.25) is 0 Å². The maximum atomic E-state index is 13.2. The molecule has 1 N–H and O–H groups in total. The van der Waals surface area contributed by atoms with Crippen molar-refractivity contribution < 1.29 is 17.9 Å². The third kappa shape index (κ3) is 4.82. The van der Waals surface area contributed by atoms with Crippen LogP contribution in [0.25, 0.3) is 17.0 Å². The summed E-state index contributed by atoms with van der Waals surface area (Å²) in [4.78, 5) is 20.1. The maximum absolute atomic E-state index is 13.2. The summed E-state index contributed by atoms with van der Waals surface area (Å²) < 4.78 is 32.4. The standard InChI is InChI=1S/C25H20N4O4S/c1-3-18-6-5-7-20(14-18)28-25-22-15-21(9-10-23(22)26-17-27-25)34(31,32)29-13-12-19(16-29)8-11-24(30)33-4-2/h1,5-17H,4H2,2H3,(H,26,27,28)/b11-8+. The summed E-state index contributed by atoms with van der Waals surface area (Å²) in [7, 11) is -3.90. The molecule has 34 heavy (non-hydrogen) atoms. The predicted molar refractivity (Wildman–Crippen MR) is 130 cm³/mol. The van der Waals surface area contributed by atoms with Crippen molar-refractivity contribution in [2.45, 2.75) is 11.8 Å². The molecule has 4 rings (SSSR count). The second kappa shape index (κ2) is 9.60. The van der Waals surface area contributed by atoms with Crippen molar-refractivity contribution in [1.29, 1.82) is 0 Å². The number of anilines is 2. The Kier molecular flexibility index (Phi) is 6.43. The summed E-state index contributed by atoms with van der Waals surface area (Å²) in [5.74, 6) is 2.52. The van der Waals surface area contributed by atoms with Crippen LogP contribution < -0.4 is 5.32 Å². The minimum Gasteiger partial charge on any atom is -0.463 e. The molecule has 0 aliphatic heterocycles. The van der Waals surface area contributed by atoms with Gasteiger partial charge in [-0.2, -0.15) is 0 Å². The minimum absolute atomic E-state index is 0.0618. The third-order valence-electron chi connectivity index (χ3n) is 4.86. The highest BCUT2D eigenvalue weighted by atomic mass is 32.2. The van der Waals surface area contributed by atoms with Gasteiger partial charge in [-0.05, 0) is 61.0 Å². The highest BCUT2D eigenvalue weighted by Gasteiger charge is 2.18. The molecule has 0 saturated carbocycles. The highest BCUT2D eigenvalue weighted by Crippen LogP contribution is 2.27. The molecule has 8 nitrogen and oxygen atoms in total. The van der Waals surface area contributed by atoms with E-state index >= 15 is 0 Å². The fourth-order valence-electron chi connectivity index (χ4n) is 3.24. The van der Waals surface area contributed by atoms with Crippen LogP contribution in [0.5, 0.6) is 0 Å². The van der Waals surface area contributed by atoms with Crippen LogP contribution >= 0.6 is 0 Å². The van der Waals surface area contributed by atoms with Crippen molar-refractivity contribution in [3.8, 4) is 12.3 Å². The molecule has 0 unspecified atom stereocenters. The van der Waals surface area contributed by atoms with Crippen molar-refractivity contribution in [2.24, 2.45) is 0 Å². The van der Waals surface area contributed by atoms with Gasteiger partial charge < -0.3 is 10.1 Å². The van der Waals surface area contributed by atoms with E-state index in [-0.39, 0.29) is 11.5 Å².